The third-order valence-corrected chi connectivity index (χ3v) is 3.05. The fourth-order valence-electron chi connectivity index (χ4n) is 1.50. The number of halogens is 1. The lowest BCUT2D eigenvalue weighted by Crippen LogP contribution is -2.25. The zero-order valence-electron chi connectivity index (χ0n) is 7.34. The number of aromatic nitrogens is 2. The molecule has 2 heterocycles. The smallest absolute Gasteiger partial charge is 0.432 e. The fourth-order valence-corrected chi connectivity index (χ4v) is 2.19. The van der Waals surface area contributed by atoms with Gasteiger partial charge in [-0.05, 0) is 22.6 Å². The summed E-state index contributed by atoms with van der Waals surface area (Å²) in [6.45, 7) is 0.281. The summed E-state index contributed by atoms with van der Waals surface area (Å²) >= 11 is 1.90. The second kappa shape index (κ2) is 3.36. The number of carboxylic acid groups (broad SMARTS) is 2. The molecule has 0 atom stereocenters. The van der Waals surface area contributed by atoms with E-state index in [2.05, 4.69) is 5.10 Å². The van der Waals surface area contributed by atoms with Crippen LogP contribution in [0.15, 0.2) is 0 Å². The molecular weight excluding hydrogens is 317 g/mol. The molecule has 8 heteroatoms. The minimum atomic E-state index is -1.19. The van der Waals surface area contributed by atoms with Gasteiger partial charge in [0.1, 0.15) is 3.70 Å². The largest absolute Gasteiger partial charge is 0.465 e. The number of fused-ring (bicyclic) bond motifs is 1. The van der Waals surface area contributed by atoms with Crippen LogP contribution in [0.4, 0.5) is 9.59 Å². The average Bonchev–Trinajstić information content (AvgIpc) is 2.66. The van der Waals surface area contributed by atoms with Crippen LogP contribution in [0, 0.1) is 3.70 Å². The molecule has 0 saturated carbocycles. The molecule has 2 N–H and O–H groups in total. The molecule has 15 heavy (non-hydrogen) atoms. The monoisotopic (exact) mass is 323 g/mol. The summed E-state index contributed by atoms with van der Waals surface area (Å²) in [4.78, 5) is 22.6. The van der Waals surface area contributed by atoms with Gasteiger partial charge in [0.2, 0.25) is 0 Å². The van der Waals surface area contributed by atoms with Gasteiger partial charge in [0.05, 0.1) is 18.8 Å². The molecule has 1 aliphatic heterocycles. The Morgan fingerprint density at radius 2 is 1.93 bits per heavy atom. The standard InChI is InChI=1S/C7H6IN3O4/c8-5-3-1-10(6(12)13)2-4(3)11(9-5)7(14)15/h1-2H2,(H,12,13)(H,14,15). The number of carbonyl (C=O) groups is 2. The highest BCUT2D eigenvalue weighted by Gasteiger charge is 2.31. The number of hydrogen-bond acceptors (Lipinski definition) is 3. The van der Waals surface area contributed by atoms with Crippen LogP contribution in [0.25, 0.3) is 0 Å². The maximum Gasteiger partial charge on any atom is 0.432 e. The zero-order chi connectivity index (χ0) is 11.2. The molecule has 1 aromatic rings. The van der Waals surface area contributed by atoms with E-state index in [-0.39, 0.29) is 13.1 Å². The third-order valence-electron chi connectivity index (χ3n) is 2.18. The predicted molar refractivity (Wildman–Crippen MR) is 55.6 cm³/mol. The molecule has 0 fully saturated rings. The van der Waals surface area contributed by atoms with Gasteiger partial charge in [-0.1, -0.05) is 0 Å². The molecule has 0 saturated heterocycles. The van der Waals surface area contributed by atoms with Gasteiger partial charge in [0, 0.05) is 5.56 Å². The second-order valence-electron chi connectivity index (χ2n) is 3.05. The molecule has 2 rings (SSSR count). The summed E-state index contributed by atoms with van der Waals surface area (Å²) in [6.07, 6.45) is -2.25. The lowest BCUT2D eigenvalue weighted by atomic mass is 10.3. The summed E-state index contributed by atoms with van der Waals surface area (Å²) in [5, 5.41) is 21.4. The first-order chi connectivity index (χ1) is 7.00. The average molecular weight is 323 g/mol. The van der Waals surface area contributed by atoms with Crippen molar-refractivity contribution in [2.24, 2.45) is 0 Å². The van der Waals surface area contributed by atoms with E-state index in [4.69, 9.17) is 10.2 Å². The number of rotatable bonds is 0. The predicted octanol–water partition coefficient (Wildman–Crippen LogP) is 1.01. The molecular formula is C7H6IN3O4. The summed E-state index contributed by atoms with van der Waals surface area (Å²) in [6, 6.07) is 0. The lowest BCUT2D eigenvalue weighted by Gasteiger charge is -2.10. The molecule has 0 aromatic carbocycles. The Morgan fingerprint density at radius 3 is 2.47 bits per heavy atom. The molecule has 0 aliphatic carbocycles. The van der Waals surface area contributed by atoms with E-state index in [1.807, 2.05) is 22.6 Å². The SMILES string of the molecule is O=C(O)N1Cc2c(I)nn(C(=O)O)c2C1. The summed E-state index contributed by atoms with van der Waals surface area (Å²) < 4.78 is 1.37. The third kappa shape index (κ3) is 1.54. The van der Waals surface area contributed by atoms with Crippen molar-refractivity contribution in [2.75, 3.05) is 0 Å². The Bertz CT molecular complexity index is 455. The minimum absolute atomic E-state index is 0.0764. The first-order valence-corrected chi connectivity index (χ1v) is 5.06. The van der Waals surface area contributed by atoms with Crippen LogP contribution in [-0.2, 0) is 13.1 Å². The van der Waals surface area contributed by atoms with Crippen LogP contribution in [0.5, 0.6) is 0 Å². The Hall–Kier alpha value is -1.32. The van der Waals surface area contributed by atoms with Crippen LogP contribution < -0.4 is 0 Å². The van der Waals surface area contributed by atoms with E-state index in [0.29, 0.717) is 15.0 Å². The van der Waals surface area contributed by atoms with Gasteiger partial charge in [-0.15, -0.1) is 0 Å². The molecule has 1 aromatic heterocycles. The van der Waals surface area contributed by atoms with Crippen LogP contribution >= 0.6 is 22.6 Å². The quantitative estimate of drug-likeness (QED) is 0.695. The summed E-state index contributed by atoms with van der Waals surface area (Å²) in [5.74, 6) is 0. The highest BCUT2D eigenvalue weighted by molar-refractivity contribution is 14.1. The number of hydrogen-bond donors (Lipinski definition) is 2. The van der Waals surface area contributed by atoms with Crippen LogP contribution in [0.2, 0.25) is 0 Å². The van der Waals surface area contributed by atoms with Gasteiger partial charge in [-0.3, -0.25) is 4.90 Å². The number of nitrogens with zero attached hydrogens (tertiary/aromatic N) is 3. The second-order valence-corrected chi connectivity index (χ2v) is 4.07. The van der Waals surface area contributed by atoms with Gasteiger partial charge in [0.15, 0.2) is 0 Å². The Morgan fingerprint density at radius 1 is 1.27 bits per heavy atom. The molecule has 0 bridgehead atoms. The maximum atomic E-state index is 10.8. The van der Waals surface area contributed by atoms with Crippen LogP contribution in [0.1, 0.15) is 11.3 Å². The molecule has 0 unspecified atom stereocenters. The van der Waals surface area contributed by atoms with E-state index >= 15 is 0 Å². The number of amides is 1. The highest BCUT2D eigenvalue weighted by atomic mass is 127. The van der Waals surface area contributed by atoms with Crippen LogP contribution in [0.3, 0.4) is 0 Å². The van der Waals surface area contributed by atoms with E-state index < -0.39 is 12.2 Å². The lowest BCUT2D eigenvalue weighted by molar-refractivity contribution is 0.143. The maximum absolute atomic E-state index is 10.8. The molecule has 0 spiro atoms. The van der Waals surface area contributed by atoms with Crippen molar-refractivity contribution in [2.45, 2.75) is 13.1 Å². The Kier molecular flexibility index (Phi) is 2.29. The van der Waals surface area contributed by atoms with Crippen molar-refractivity contribution in [3.63, 3.8) is 0 Å². The van der Waals surface area contributed by atoms with Crippen molar-refractivity contribution < 1.29 is 19.8 Å². The Balaban J connectivity index is 2.42. The van der Waals surface area contributed by atoms with Gasteiger partial charge < -0.3 is 10.2 Å². The molecule has 1 amide bonds. The van der Waals surface area contributed by atoms with Crippen molar-refractivity contribution in [1.82, 2.24) is 14.7 Å². The summed E-state index contributed by atoms with van der Waals surface area (Å²) in [7, 11) is 0. The zero-order valence-corrected chi connectivity index (χ0v) is 9.50. The van der Waals surface area contributed by atoms with Gasteiger partial charge >= 0.3 is 12.2 Å². The summed E-state index contributed by atoms with van der Waals surface area (Å²) in [5.41, 5.74) is 1.12. The van der Waals surface area contributed by atoms with E-state index in [0.717, 1.165) is 9.58 Å². The van der Waals surface area contributed by atoms with E-state index in [1.165, 1.54) is 0 Å². The molecule has 1 aliphatic rings. The first-order valence-electron chi connectivity index (χ1n) is 3.98. The van der Waals surface area contributed by atoms with E-state index in [9.17, 15) is 9.59 Å². The normalized spacial score (nSPS) is 14.1. The van der Waals surface area contributed by atoms with Crippen molar-refractivity contribution in [3.8, 4) is 0 Å². The highest BCUT2D eigenvalue weighted by Crippen LogP contribution is 2.26. The fraction of sp³-hybridized carbons (Fsp3) is 0.286. The van der Waals surface area contributed by atoms with E-state index in [1.54, 1.807) is 0 Å². The minimum Gasteiger partial charge on any atom is -0.465 e. The van der Waals surface area contributed by atoms with Gasteiger partial charge in [0.25, 0.3) is 0 Å². The van der Waals surface area contributed by atoms with Gasteiger partial charge in [-0.25, -0.2) is 9.59 Å². The van der Waals surface area contributed by atoms with Crippen LogP contribution in [-0.4, -0.2) is 37.1 Å². The molecule has 0 radical (unpaired) electrons. The van der Waals surface area contributed by atoms with Crippen molar-refractivity contribution >= 4 is 34.8 Å². The molecule has 7 nitrogen and oxygen atoms in total. The van der Waals surface area contributed by atoms with Crippen molar-refractivity contribution in [1.29, 1.82) is 0 Å². The topological polar surface area (TPSA) is 95.7 Å². The van der Waals surface area contributed by atoms with Crippen molar-refractivity contribution in [3.05, 3.63) is 15.0 Å². The Labute approximate surface area is 97.4 Å². The molecule has 80 valence electrons. The first kappa shape index (κ1) is 10.2. The van der Waals surface area contributed by atoms with Gasteiger partial charge in [-0.2, -0.15) is 9.78 Å².